The quantitative estimate of drug-likeness (QED) is 0.146. The maximum absolute atomic E-state index is 5.47. The molecule has 1 N–H and O–H groups in total. The molecule has 354 valence electrons. The van der Waals surface area contributed by atoms with Crippen LogP contribution in [0.3, 0.4) is 0 Å². The minimum atomic E-state index is -0.351. The number of rotatable bonds is 10. The molecule has 0 saturated carbocycles. The lowest BCUT2D eigenvalue weighted by Crippen LogP contribution is -2.34. The molecule has 0 spiro atoms. The lowest BCUT2D eigenvalue weighted by molar-refractivity contribution is 0.666. The summed E-state index contributed by atoms with van der Waals surface area (Å²) in [7, 11) is 0. The molecule has 0 saturated heterocycles. The van der Waals surface area contributed by atoms with Gasteiger partial charge in [0.05, 0.1) is 28.8 Å². The average Bonchev–Trinajstić information content (AvgIpc) is 4.01. The van der Waals surface area contributed by atoms with Crippen LogP contribution in [0.1, 0.15) is 17.3 Å². The van der Waals surface area contributed by atoms with Crippen molar-refractivity contribution in [3.05, 3.63) is 284 Å². The Bertz CT molecular complexity index is 4250. The first-order valence-corrected chi connectivity index (χ1v) is 25.7. The fraction of sp³-hybridized carbons (Fsp3) is 0.0286. The third kappa shape index (κ3) is 7.99. The van der Waals surface area contributed by atoms with E-state index in [2.05, 4.69) is 281 Å². The van der Waals surface area contributed by atoms with Crippen LogP contribution in [0.25, 0.3) is 105 Å². The van der Waals surface area contributed by atoms with Gasteiger partial charge in [0.15, 0.2) is 0 Å². The van der Waals surface area contributed by atoms with E-state index in [0.29, 0.717) is 6.54 Å². The summed E-state index contributed by atoms with van der Waals surface area (Å²) in [5.74, 6) is 1.54. The van der Waals surface area contributed by atoms with Crippen molar-refractivity contribution in [3.63, 3.8) is 0 Å². The molecule has 13 aromatic rings. The predicted molar refractivity (Wildman–Crippen MR) is 314 cm³/mol. The highest BCUT2D eigenvalue weighted by Gasteiger charge is 2.26. The van der Waals surface area contributed by atoms with Crippen LogP contribution >= 0.6 is 0 Å². The molecule has 1 aliphatic heterocycles. The number of amidine groups is 2. The van der Waals surface area contributed by atoms with E-state index in [1.165, 1.54) is 54.9 Å². The molecule has 1 unspecified atom stereocenters. The second kappa shape index (κ2) is 18.6. The summed E-state index contributed by atoms with van der Waals surface area (Å²) in [6.45, 7) is 0.446. The molecular formula is C70H49N5. The van der Waals surface area contributed by atoms with Crippen molar-refractivity contribution in [2.75, 3.05) is 0 Å². The van der Waals surface area contributed by atoms with Gasteiger partial charge in [-0.1, -0.05) is 237 Å². The Morgan fingerprint density at radius 2 is 0.800 bits per heavy atom. The van der Waals surface area contributed by atoms with Gasteiger partial charge >= 0.3 is 0 Å². The van der Waals surface area contributed by atoms with Crippen LogP contribution in [0.2, 0.25) is 0 Å². The predicted octanol–water partition coefficient (Wildman–Crippen LogP) is 17.4. The SMILES string of the molecule is c1ccc(C2=NC(Cn3c4ccccc4c4ccc5c6ccccc6n(-c6cc(-c7cc(-c8ccccc8)cc(-c8ccccc8)c7)ccc6-c6ccccc6)c5c43)=NC(c3ccc(-c4ccccc4)cc3)N2)cc1. The van der Waals surface area contributed by atoms with Gasteiger partial charge < -0.3 is 14.5 Å². The molecule has 1 atom stereocenters. The highest BCUT2D eigenvalue weighted by atomic mass is 15.2. The smallest absolute Gasteiger partial charge is 0.148 e. The number of hydrogen-bond acceptors (Lipinski definition) is 3. The fourth-order valence-electron chi connectivity index (χ4n) is 11.3. The Morgan fingerprint density at radius 3 is 1.40 bits per heavy atom. The summed E-state index contributed by atoms with van der Waals surface area (Å²) in [5.41, 5.74) is 19.3. The lowest BCUT2D eigenvalue weighted by atomic mass is 9.92. The molecule has 0 amide bonds. The molecule has 1 aliphatic rings. The van der Waals surface area contributed by atoms with Gasteiger partial charge in [0.2, 0.25) is 0 Å². The molecule has 2 aromatic heterocycles. The third-order valence-electron chi connectivity index (χ3n) is 14.8. The minimum Gasteiger partial charge on any atom is -0.344 e. The maximum atomic E-state index is 5.47. The Hall–Kier alpha value is -9.84. The summed E-state index contributed by atoms with van der Waals surface area (Å²) < 4.78 is 5.00. The third-order valence-corrected chi connectivity index (χ3v) is 14.8. The van der Waals surface area contributed by atoms with Crippen molar-refractivity contribution < 1.29 is 0 Å². The molecule has 5 nitrogen and oxygen atoms in total. The first-order valence-electron chi connectivity index (χ1n) is 25.7. The summed E-state index contributed by atoms with van der Waals surface area (Å²) >= 11 is 0. The Kier molecular flexibility index (Phi) is 10.9. The molecule has 0 radical (unpaired) electrons. The van der Waals surface area contributed by atoms with Gasteiger partial charge in [-0.2, -0.15) is 0 Å². The van der Waals surface area contributed by atoms with Crippen LogP contribution in [0.4, 0.5) is 0 Å². The molecule has 3 heterocycles. The number of aromatic nitrogens is 2. The summed E-state index contributed by atoms with van der Waals surface area (Å²) in [6.07, 6.45) is -0.351. The van der Waals surface area contributed by atoms with E-state index in [9.17, 15) is 0 Å². The maximum Gasteiger partial charge on any atom is 0.148 e. The van der Waals surface area contributed by atoms with E-state index in [-0.39, 0.29) is 6.17 Å². The summed E-state index contributed by atoms with van der Waals surface area (Å²) in [6, 6.07) is 98.4. The zero-order valence-electron chi connectivity index (χ0n) is 41.1. The van der Waals surface area contributed by atoms with E-state index in [1.807, 2.05) is 6.07 Å². The number of nitrogens with zero attached hydrogens (tertiary/aromatic N) is 4. The van der Waals surface area contributed by atoms with Crippen molar-refractivity contribution >= 4 is 55.3 Å². The van der Waals surface area contributed by atoms with Gasteiger partial charge in [-0.25, -0.2) is 9.98 Å². The van der Waals surface area contributed by atoms with Crippen molar-refractivity contribution in [1.82, 2.24) is 14.5 Å². The number of fused-ring (bicyclic) bond motifs is 7. The second-order valence-corrected chi connectivity index (χ2v) is 19.3. The van der Waals surface area contributed by atoms with Crippen molar-refractivity contribution in [1.29, 1.82) is 0 Å². The first kappa shape index (κ1) is 43.9. The highest BCUT2D eigenvalue weighted by Crippen LogP contribution is 2.44. The molecule has 5 heteroatoms. The monoisotopic (exact) mass is 959 g/mol. The van der Waals surface area contributed by atoms with Crippen molar-refractivity contribution in [2.45, 2.75) is 12.7 Å². The van der Waals surface area contributed by atoms with E-state index < -0.39 is 0 Å². The van der Waals surface area contributed by atoms with Crippen LogP contribution in [0.5, 0.6) is 0 Å². The lowest BCUT2D eigenvalue weighted by Gasteiger charge is -2.24. The van der Waals surface area contributed by atoms with Gasteiger partial charge in [-0.05, 0) is 92.0 Å². The van der Waals surface area contributed by atoms with Crippen molar-refractivity contribution in [2.24, 2.45) is 9.98 Å². The van der Waals surface area contributed by atoms with E-state index >= 15 is 0 Å². The average molecular weight is 960 g/mol. The number of para-hydroxylation sites is 2. The van der Waals surface area contributed by atoms with Crippen LogP contribution in [0, 0.1) is 0 Å². The number of nitrogens with one attached hydrogen (secondary N) is 1. The first-order chi connectivity index (χ1) is 37.2. The molecule has 11 aromatic carbocycles. The topological polar surface area (TPSA) is 46.6 Å². The molecule has 75 heavy (non-hydrogen) atoms. The standard InChI is InChI=1S/C70H49N5/c1-6-20-47(21-7-1)50-34-36-53(37-35-50)70-72-66(71-69(73-70)52-28-14-5-15-29-52)46-74-63-32-18-16-30-59(63)61-40-41-62-60-31-17-19-33-64(60)75(68(62)67(61)74)65-45-54(38-39-58(65)51-26-12-4-13-27-51)57-43-55(48-22-8-2-9-23-48)42-56(44-57)49-24-10-3-11-25-49/h1-45,70H,46H2,(H,71,72,73). The molecular weight excluding hydrogens is 911 g/mol. The molecule has 0 bridgehead atoms. The fourth-order valence-corrected chi connectivity index (χ4v) is 11.3. The Morgan fingerprint density at radius 1 is 0.347 bits per heavy atom. The zero-order chi connectivity index (χ0) is 49.7. The molecule has 0 aliphatic carbocycles. The van der Waals surface area contributed by atoms with Crippen LogP contribution in [0.15, 0.2) is 283 Å². The summed E-state index contributed by atoms with van der Waals surface area (Å²) in [4.78, 5) is 10.8. The number of hydrogen-bond donors (Lipinski definition) is 1. The Labute approximate surface area is 435 Å². The number of benzene rings is 11. The largest absolute Gasteiger partial charge is 0.344 e. The van der Waals surface area contributed by atoms with E-state index in [1.54, 1.807) is 0 Å². The summed E-state index contributed by atoms with van der Waals surface area (Å²) in [5, 5.41) is 8.46. The zero-order valence-corrected chi connectivity index (χ0v) is 41.1. The van der Waals surface area contributed by atoms with Gasteiger partial charge in [0, 0.05) is 38.2 Å². The van der Waals surface area contributed by atoms with Crippen LogP contribution in [-0.2, 0) is 6.54 Å². The van der Waals surface area contributed by atoms with Crippen LogP contribution < -0.4 is 5.32 Å². The van der Waals surface area contributed by atoms with Gasteiger partial charge in [-0.15, -0.1) is 0 Å². The van der Waals surface area contributed by atoms with Crippen LogP contribution in [-0.4, -0.2) is 20.8 Å². The Balaban J connectivity index is 1.00. The van der Waals surface area contributed by atoms with E-state index in [4.69, 9.17) is 9.98 Å². The second-order valence-electron chi connectivity index (χ2n) is 19.3. The minimum absolute atomic E-state index is 0.351. The normalized spacial score (nSPS) is 13.5. The van der Waals surface area contributed by atoms with Gasteiger partial charge in [0.25, 0.3) is 0 Å². The highest BCUT2D eigenvalue weighted by molar-refractivity contribution is 6.24. The van der Waals surface area contributed by atoms with Gasteiger partial charge in [-0.3, -0.25) is 0 Å². The van der Waals surface area contributed by atoms with Gasteiger partial charge in [0.1, 0.15) is 17.8 Å². The van der Waals surface area contributed by atoms with Crippen molar-refractivity contribution in [3.8, 4) is 61.3 Å². The molecule has 14 rings (SSSR count). The number of aliphatic imine (C=N–C) groups is 2. The van der Waals surface area contributed by atoms with E-state index in [0.717, 1.165) is 72.8 Å². The molecule has 0 fully saturated rings.